The third-order valence-corrected chi connectivity index (χ3v) is 2.92. The minimum Gasteiger partial charge on any atom is -0.486 e. The second-order valence-corrected chi connectivity index (χ2v) is 5.10. The van der Waals surface area contributed by atoms with Crippen molar-refractivity contribution in [1.29, 1.82) is 0 Å². The second-order valence-electron chi connectivity index (χ2n) is 5.10. The maximum Gasteiger partial charge on any atom is 0.146 e. The molecule has 0 aliphatic rings. The zero-order valence-corrected chi connectivity index (χ0v) is 12.1. The van der Waals surface area contributed by atoms with Gasteiger partial charge in [0.2, 0.25) is 0 Å². The lowest BCUT2D eigenvalue weighted by Crippen LogP contribution is -2.21. The molecule has 0 fully saturated rings. The predicted octanol–water partition coefficient (Wildman–Crippen LogP) is 3.80. The minimum atomic E-state index is -0.306. The first-order chi connectivity index (χ1) is 9.54. The molecule has 0 aliphatic heterocycles. The van der Waals surface area contributed by atoms with Crippen molar-refractivity contribution in [2.24, 2.45) is 0 Å². The molecule has 0 saturated carbocycles. The van der Waals surface area contributed by atoms with E-state index in [1.54, 1.807) is 12.1 Å². The molecule has 0 amide bonds. The van der Waals surface area contributed by atoms with Gasteiger partial charge in [0.05, 0.1) is 6.54 Å². The van der Waals surface area contributed by atoms with Gasteiger partial charge in [-0.15, -0.1) is 0 Å². The topological polar surface area (TPSA) is 34.4 Å². The molecule has 20 heavy (non-hydrogen) atoms. The maximum atomic E-state index is 13.0. The van der Waals surface area contributed by atoms with Gasteiger partial charge in [0.25, 0.3) is 0 Å². The van der Waals surface area contributed by atoms with Crippen molar-refractivity contribution >= 4 is 0 Å². The van der Waals surface area contributed by atoms with Crippen molar-refractivity contribution in [2.75, 3.05) is 0 Å². The van der Waals surface area contributed by atoms with E-state index in [4.69, 9.17) is 9.15 Å². The first-order valence-corrected chi connectivity index (χ1v) is 6.74. The highest BCUT2D eigenvalue weighted by Crippen LogP contribution is 2.18. The average molecular weight is 277 g/mol. The van der Waals surface area contributed by atoms with Gasteiger partial charge in [-0.3, -0.25) is 0 Å². The van der Waals surface area contributed by atoms with Crippen molar-refractivity contribution in [3.63, 3.8) is 0 Å². The van der Waals surface area contributed by atoms with E-state index in [1.807, 2.05) is 13.0 Å². The van der Waals surface area contributed by atoms with Crippen LogP contribution >= 0.6 is 0 Å². The fourth-order valence-corrected chi connectivity index (χ4v) is 1.84. The first-order valence-electron chi connectivity index (χ1n) is 6.74. The van der Waals surface area contributed by atoms with Gasteiger partial charge in [0.15, 0.2) is 0 Å². The maximum absolute atomic E-state index is 13.0. The summed E-state index contributed by atoms with van der Waals surface area (Å²) in [5, 5.41) is 3.31. The Kier molecular flexibility index (Phi) is 4.79. The second kappa shape index (κ2) is 6.57. The number of benzene rings is 1. The predicted molar refractivity (Wildman–Crippen MR) is 76.2 cm³/mol. The zero-order chi connectivity index (χ0) is 14.5. The molecule has 1 heterocycles. The number of rotatable bonds is 6. The third-order valence-electron chi connectivity index (χ3n) is 2.92. The molecule has 1 aromatic carbocycles. The molecule has 0 aliphatic carbocycles. The molecule has 4 heteroatoms. The van der Waals surface area contributed by atoms with Crippen molar-refractivity contribution in [3.8, 4) is 5.75 Å². The highest BCUT2D eigenvalue weighted by atomic mass is 19.1. The Hall–Kier alpha value is -1.81. The quantitative estimate of drug-likeness (QED) is 0.872. The summed E-state index contributed by atoms with van der Waals surface area (Å²) in [4.78, 5) is 0. The molecule has 0 radical (unpaired) electrons. The molecular formula is C16H20FNO2. The highest BCUT2D eigenvalue weighted by Gasteiger charge is 2.08. The minimum absolute atomic E-state index is 0.298. The molecule has 2 rings (SSSR count). The van der Waals surface area contributed by atoms with E-state index in [2.05, 4.69) is 19.2 Å². The number of aryl methyl sites for hydroxylation is 1. The smallest absolute Gasteiger partial charge is 0.146 e. The SMILES string of the molecule is Cc1cc(COc2cccc(F)c2)oc1CNC(C)C. The summed E-state index contributed by atoms with van der Waals surface area (Å²) in [5.41, 5.74) is 1.09. The number of furan rings is 1. The number of hydrogen-bond acceptors (Lipinski definition) is 3. The van der Waals surface area contributed by atoms with E-state index in [0.29, 0.717) is 24.9 Å². The Morgan fingerprint density at radius 3 is 2.80 bits per heavy atom. The number of hydrogen-bond donors (Lipinski definition) is 1. The molecule has 0 spiro atoms. The number of ether oxygens (including phenoxy) is 1. The van der Waals surface area contributed by atoms with Gasteiger partial charge in [0.1, 0.15) is 29.7 Å². The Balaban J connectivity index is 1.95. The standard InChI is InChI=1S/C16H20FNO2/c1-11(2)18-9-16-12(3)7-15(20-16)10-19-14-6-4-5-13(17)8-14/h4-8,11,18H,9-10H2,1-3H3. The molecule has 0 bridgehead atoms. The number of halogens is 1. The van der Waals surface area contributed by atoms with Crippen LogP contribution in [0.4, 0.5) is 4.39 Å². The molecule has 108 valence electrons. The van der Waals surface area contributed by atoms with Crippen LogP contribution in [0.5, 0.6) is 5.75 Å². The Labute approximate surface area is 118 Å². The Morgan fingerprint density at radius 1 is 1.30 bits per heavy atom. The van der Waals surface area contributed by atoms with Crippen LogP contribution in [0.15, 0.2) is 34.7 Å². The van der Waals surface area contributed by atoms with Crippen molar-refractivity contribution < 1.29 is 13.5 Å². The van der Waals surface area contributed by atoms with Gasteiger partial charge in [-0.2, -0.15) is 0 Å². The summed E-state index contributed by atoms with van der Waals surface area (Å²) in [7, 11) is 0. The first kappa shape index (κ1) is 14.6. The van der Waals surface area contributed by atoms with Crippen LogP contribution in [0, 0.1) is 12.7 Å². The zero-order valence-electron chi connectivity index (χ0n) is 12.1. The summed E-state index contributed by atoms with van der Waals surface area (Å²) in [5.74, 6) is 1.85. The van der Waals surface area contributed by atoms with Crippen LogP contribution in [0.3, 0.4) is 0 Å². The van der Waals surface area contributed by atoms with Gasteiger partial charge < -0.3 is 14.5 Å². The summed E-state index contributed by atoms with van der Waals surface area (Å²) >= 11 is 0. The van der Waals surface area contributed by atoms with E-state index in [1.165, 1.54) is 12.1 Å². The average Bonchev–Trinajstić information content (AvgIpc) is 2.75. The lowest BCUT2D eigenvalue weighted by molar-refractivity contribution is 0.263. The Morgan fingerprint density at radius 2 is 2.10 bits per heavy atom. The number of nitrogens with one attached hydrogen (secondary N) is 1. The molecule has 0 unspecified atom stereocenters. The lowest BCUT2D eigenvalue weighted by atomic mass is 10.2. The van der Waals surface area contributed by atoms with E-state index < -0.39 is 0 Å². The monoisotopic (exact) mass is 277 g/mol. The van der Waals surface area contributed by atoms with Crippen LogP contribution in [-0.2, 0) is 13.2 Å². The summed E-state index contributed by atoms with van der Waals surface area (Å²) in [6, 6.07) is 8.45. The molecular weight excluding hydrogens is 257 g/mol. The largest absolute Gasteiger partial charge is 0.486 e. The van der Waals surface area contributed by atoms with Gasteiger partial charge >= 0.3 is 0 Å². The van der Waals surface area contributed by atoms with E-state index in [-0.39, 0.29) is 5.82 Å². The fourth-order valence-electron chi connectivity index (χ4n) is 1.84. The van der Waals surface area contributed by atoms with Crippen LogP contribution in [0.25, 0.3) is 0 Å². The van der Waals surface area contributed by atoms with Gasteiger partial charge in [0, 0.05) is 12.1 Å². The third kappa shape index (κ3) is 4.10. The van der Waals surface area contributed by atoms with E-state index in [0.717, 1.165) is 17.1 Å². The summed E-state index contributed by atoms with van der Waals surface area (Å²) in [6.45, 7) is 7.18. The summed E-state index contributed by atoms with van der Waals surface area (Å²) < 4.78 is 24.3. The highest BCUT2D eigenvalue weighted by molar-refractivity contribution is 5.24. The van der Waals surface area contributed by atoms with Crippen LogP contribution in [0.1, 0.15) is 30.9 Å². The molecule has 0 atom stereocenters. The molecule has 3 nitrogen and oxygen atoms in total. The van der Waals surface area contributed by atoms with Crippen molar-refractivity contribution in [2.45, 2.75) is 40.0 Å². The van der Waals surface area contributed by atoms with Crippen LogP contribution < -0.4 is 10.1 Å². The van der Waals surface area contributed by atoms with Crippen molar-refractivity contribution in [3.05, 3.63) is 53.2 Å². The van der Waals surface area contributed by atoms with Gasteiger partial charge in [-0.1, -0.05) is 19.9 Å². The van der Waals surface area contributed by atoms with Crippen LogP contribution in [-0.4, -0.2) is 6.04 Å². The van der Waals surface area contributed by atoms with Gasteiger partial charge in [-0.25, -0.2) is 4.39 Å². The van der Waals surface area contributed by atoms with E-state index >= 15 is 0 Å². The molecule has 1 N–H and O–H groups in total. The molecule has 1 aromatic heterocycles. The van der Waals surface area contributed by atoms with E-state index in [9.17, 15) is 4.39 Å². The fraction of sp³-hybridized carbons (Fsp3) is 0.375. The molecule has 2 aromatic rings. The van der Waals surface area contributed by atoms with Gasteiger partial charge in [-0.05, 0) is 30.7 Å². The lowest BCUT2D eigenvalue weighted by Gasteiger charge is -2.06. The summed E-state index contributed by atoms with van der Waals surface area (Å²) in [6.07, 6.45) is 0. The Bertz CT molecular complexity index is 563. The normalized spacial score (nSPS) is 11.1. The van der Waals surface area contributed by atoms with Crippen LogP contribution in [0.2, 0.25) is 0 Å². The van der Waals surface area contributed by atoms with Crippen molar-refractivity contribution in [1.82, 2.24) is 5.32 Å². The molecule has 0 saturated heterocycles.